The second-order valence-electron chi connectivity index (χ2n) is 6.28. The van der Waals surface area contributed by atoms with Gasteiger partial charge in [0.05, 0.1) is 28.8 Å². The highest BCUT2D eigenvalue weighted by Crippen LogP contribution is 2.27. The summed E-state index contributed by atoms with van der Waals surface area (Å²) in [6, 6.07) is 13.7. The molecular formula is C19H19BrN4O3. The fourth-order valence-electron chi connectivity index (χ4n) is 2.43. The predicted octanol–water partition coefficient (Wildman–Crippen LogP) is 4.08. The standard InChI is InChI=1S/C19H19BrN4O3/c1-13(2)23(11-15-5-3-14(10-21)4-6-15)12-19(25)22-18-8-7-16(24(26)27)9-17(18)20/h3-9,13H,11-12H2,1-2H3,(H,22,25). The summed E-state index contributed by atoms with van der Waals surface area (Å²) in [6.45, 7) is 4.73. The maximum atomic E-state index is 12.4. The molecule has 0 saturated carbocycles. The molecule has 140 valence electrons. The number of benzene rings is 2. The zero-order valence-corrected chi connectivity index (χ0v) is 16.6. The molecule has 0 aliphatic carbocycles. The molecule has 0 aliphatic heterocycles. The van der Waals surface area contributed by atoms with E-state index in [1.54, 1.807) is 12.1 Å². The van der Waals surface area contributed by atoms with Gasteiger partial charge in [0, 0.05) is 29.2 Å². The number of carbonyl (C=O) groups excluding carboxylic acids is 1. The summed E-state index contributed by atoms with van der Waals surface area (Å²) in [6.07, 6.45) is 0. The number of rotatable bonds is 7. The topological polar surface area (TPSA) is 99.3 Å². The highest BCUT2D eigenvalue weighted by Gasteiger charge is 2.16. The Balaban J connectivity index is 2.04. The zero-order chi connectivity index (χ0) is 20.0. The molecule has 0 bridgehead atoms. The van der Waals surface area contributed by atoms with Crippen molar-refractivity contribution >= 4 is 33.2 Å². The SMILES string of the molecule is CC(C)N(CC(=O)Nc1ccc([N+](=O)[O-])cc1Br)Cc1ccc(C#N)cc1. The van der Waals surface area contributed by atoms with Crippen molar-refractivity contribution in [2.75, 3.05) is 11.9 Å². The summed E-state index contributed by atoms with van der Waals surface area (Å²) in [5, 5.41) is 22.4. The quantitative estimate of drug-likeness (QED) is 0.526. The Morgan fingerprint density at radius 2 is 1.96 bits per heavy atom. The van der Waals surface area contributed by atoms with Crippen LogP contribution in [0.4, 0.5) is 11.4 Å². The summed E-state index contributed by atoms with van der Waals surface area (Å²) in [7, 11) is 0. The number of hydrogen-bond donors (Lipinski definition) is 1. The zero-order valence-electron chi connectivity index (χ0n) is 15.0. The highest BCUT2D eigenvalue weighted by atomic mass is 79.9. The number of anilines is 1. The Hall–Kier alpha value is -2.76. The Morgan fingerprint density at radius 1 is 1.30 bits per heavy atom. The first-order chi connectivity index (χ1) is 12.8. The molecule has 0 fully saturated rings. The molecule has 7 nitrogen and oxygen atoms in total. The van der Waals surface area contributed by atoms with Crippen LogP contribution in [0.1, 0.15) is 25.0 Å². The summed E-state index contributed by atoms with van der Waals surface area (Å²) in [4.78, 5) is 24.7. The van der Waals surface area contributed by atoms with Crippen LogP contribution in [-0.4, -0.2) is 28.3 Å². The van der Waals surface area contributed by atoms with Gasteiger partial charge in [-0.25, -0.2) is 0 Å². The molecule has 2 aromatic rings. The Bertz CT molecular complexity index is 876. The Morgan fingerprint density at radius 3 is 2.48 bits per heavy atom. The number of halogens is 1. The van der Waals surface area contributed by atoms with Gasteiger partial charge < -0.3 is 5.32 Å². The lowest BCUT2D eigenvalue weighted by atomic mass is 10.1. The lowest BCUT2D eigenvalue weighted by Gasteiger charge is -2.26. The van der Waals surface area contributed by atoms with Crippen molar-refractivity contribution < 1.29 is 9.72 Å². The molecule has 0 radical (unpaired) electrons. The van der Waals surface area contributed by atoms with Crippen LogP contribution in [0, 0.1) is 21.4 Å². The highest BCUT2D eigenvalue weighted by molar-refractivity contribution is 9.10. The van der Waals surface area contributed by atoms with Crippen LogP contribution in [0.15, 0.2) is 46.9 Å². The maximum absolute atomic E-state index is 12.4. The number of nitro groups is 1. The van der Waals surface area contributed by atoms with E-state index in [1.165, 1.54) is 18.2 Å². The van der Waals surface area contributed by atoms with E-state index in [1.807, 2.05) is 30.9 Å². The summed E-state index contributed by atoms with van der Waals surface area (Å²) in [5.41, 5.74) is 2.03. The molecular weight excluding hydrogens is 412 g/mol. The molecule has 1 amide bonds. The number of nitro benzene ring substituents is 1. The van der Waals surface area contributed by atoms with E-state index < -0.39 is 4.92 Å². The maximum Gasteiger partial charge on any atom is 0.270 e. The molecule has 0 heterocycles. The first kappa shape index (κ1) is 20.6. The third-order valence-electron chi connectivity index (χ3n) is 3.98. The average Bonchev–Trinajstić information content (AvgIpc) is 2.63. The molecule has 0 aliphatic rings. The lowest BCUT2D eigenvalue weighted by Crippen LogP contribution is -2.37. The van der Waals surface area contributed by atoms with Gasteiger partial charge in [0.15, 0.2) is 0 Å². The number of hydrogen-bond acceptors (Lipinski definition) is 5. The van der Waals surface area contributed by atoms with E-state index in [0.717, 1.165) is 5.56 Å². The third-order valence-corrected chi connectivity index (χ3v) is 4.64. The van der Waals surface area contributed by atoms with Crippen molar-refractivity contribution in [2.24, 2.45) is 0 Å². The van der Waals surface area contributed by atoms with Crippen LogP contribution < -0.4 is 5.32 Å². The second kappa shape index (κ2) is 9.26. The number of carbonyl (C=O) groups is 1. The van der Waals surface area contributed by atoms with Crippen molar-refractivity contribution in [3.8, 4) is 6.07 Å². The van der Waals surface area contributed by atoms with Crippen LogP contribution in [0.2, 0.25) is 0 Å². The third kappa shape index (κ3) is 5.88. The van der Waals surface area contributed by atoms with Gasteiger partial charge >= 0.3 is 0 Å². The fraction of sp³-hybridized carbons (Fsp3) is 0.263. The van der Waals surface area contributed by atoms with E-state index in [4.69, 9.17) is 5.26 Å². The minimum atomic E-state index is -0.492. The summed E-state index contributed by atoms with van der Waals surface area (Å²) in [5.74, 6) is -0.216. The minimum absolute atomic E-state index is 0.0514. The van der Waals surface area contributed by atoms with Gasteiger partial charge in [0.1, 0.15) is 0 Å². The number of non-ortho nitro benzene ring substituents is 1. The number of nitrogens with one attached hydrogen (secondary N) is 1. The first-order valence-electron chi connectivity index (χ1n) is 8.27. The molecule has 0 spiro atoms. The average molecular weight is 431 g/mol. The van der Waals surface area contributed by atoms with Crippen molar-refractivity contribution in [3.63, 3.8) is 0 Å². The molecule has 0 atom stereocenters. The van der Waals surface area contributed by atoms with Gasteiger partial charge in [0.25, 0.3) is 5.69 Å². The monoisotopic (exact) mass is 430 g/mol. The van der Waals surface area contributed by atoms with Crippen molar-refractivity contribution in [3.05, 3.63) is 68.2 Å². The number of nitriles is 1. The van der Waals surface area contributed by atoms with E-state index in [2.05, 4.69) is 27.3 Å². The lowest BCUT2D eigenvalue weighted by molar-refractivity contribution is -0.384. The normalized spacial score (nSPS) is 10.7. The molecule has 27 heavy (non-hydrogen) atoms. The van der Waals surface area contributed by atoms with Crippen LogP contribution in [0.3, 0.4) is 0 Å². The van der Waals surface area contributed by atoms with Gasteiger partial charge in [-0.15, -0.1) is 0 Å². The van der Waals surface area contributed by atoms with Crippen LogP contribution in [-0.2, 0) is 11.3 Å². The van der Waals surface area contributed by atoms with E-state index >= 15 is 0 Å². The molecule has 8 heteroatoms. The molecule has 2 rings (SSSR count). The van der Waals surface area contributed by atoms with E-state index in [-0.39, 0.29) is 24.2 Å². The largest absolute Gasteiger partial charge is 0.324 e. The van der Waals surface area contributed by atoms with E-state index in [0.29, 0.717) is 22.3 Å². The van der Waals surface area contributed by atoms with Gasteiger partial charge in [0.2, 0.25) is 5.91 Å². The second-order valence-corrected chi connectivity index (χ2v) is 7.13. The van der Waals surface area contributed by atoms with Gasteiger partial charge in [-0.3, -0.25) is 19.8 Å². The van der Waals surface area contributed by atoms with Crippen molar-refractivity contribution in [2.45, 2.75) is 26.4 Å². The smallest absolute Gasteiger partial charge is 0.270 e. The Kier molecular flexibility index (Phi) is 7.05. The van der Waals surface area contributed by atoms with Gasteiger partial charge in [-0.1, -0.05) is 12.1 Å². The summed E-state index contributed by atoms with van der Waals surface area (Å²) >= 11 is 3.25. The van der Waals surface area contributed by atoms with Gasteiger partial charge in [-0.05, 0) is 53.5 Å². The fourth-order valence-corrected chi connectivity index (χ4v) is 2.90. The predicted molar refractivity (Wildman–Crippen MR) is 106 cm³/mol. The van der Waals surface area contributed by atoms with Crippen LogP contribution in [0.5, 0.6) is 0 Å². The van der Waals surface area contributed by atoms with Crippen LogP contribution in [0.25, 0.3) is 0 Å². The molecule has 0 saturated heterocycles. The molecule has 1 N–H and O–H groups in total. The number of nitrogens with zero attached hydrogens (tertiary/aromatic N) is 3. The van der Waals surface area contributed by atoms with Crippen molar-refractivity contribution in [1.29, 1.82) is 5.26 Å². The Labute approximate surface area is 165 Å². The van der Waals surface area contributed by atoms with E-state index in [9.17, 15) is 14.9 Å². The molecule has 2 aromatic carbocycles. The van der Waals surface area contributed by atoms with Gasteiger partial charge in [-0.2, -0.15) is 5.26 Å². The van der Waals surface area contributed by atoms with Crippen LogP contribution >= 0.6 is 15.9 Å². The number of amides is 1. The first-order valence-corrected chi connectivity index (χ1v) is 9.06. The van der Waals surface area contributed by atoms with Crippen molar-refractivity contribution in [1.82, 2.24) is 4.90 Å². The molecule has 0 unspecified atom stereocenters. The summed E-state index contributed by atoms with van der Waals surface area (Å²) < 4.78 is 0.452. The minimum Gasteiger partial charge on any atom is -0.324 e. The molecule has 0 aromatic heterocycles.